The number of nitrogens with zero attached hydrogens (tertiary/aromatic N) is 2. The number of carboxylic acids is 1. The van der Waals surface area contributed by atoms with Gasteiger partial charge in [-0.25, -0.2) is 0 Å². The number of aryl methyl sites for hydroxylation is 1. The van der Waals surface area contributed by atoms with Crippen LogP contribution in [0.3, 0.4) is 0 Å². The first-order chi connectivity index (χ1) is 8.02. The fraction of sp³-hybridized carbons (Fsp3) is 0.600. The molecule has 0 bridgehead atoms. The number of amides is 1. The van der Waals surface area contributed by atoms with Crippen molar-refractivity contribution in [2.45, 2.75) is 38.1 Å². The average Bonchev–Trinajstić information content (AvgIpc) is 2.60. The van der Waals surface area contributed by atoms with Crippen LogP contribution in [0.15, 0.2) is 0 Å². The van der Waals surface area contributed by atoms with Gasteiger partial charge >= 0.3 is 5.97 Å². The Bertz CT molecular complexity index is 453. The lowest BCUT2D eigenvalue weighted by Crippen LogP contribution is -2.54. The van der Waals surface area contributed by atoms with Crippen molar-refractivity contribution in [3.63, 3.8) is 0 Å². The summed E-state index contributed by atoms with van der Waals surface area (Å²) in [5.41, 5.74) is 0.0107. The van der Waals surface area contributed by atoms with Crippen molar-refractivity contribution in [2.75, 3.05) is 0 Å². The van der Waals surface area contributed by atoms with Gasteiger partial charge in [-0.2, -0.15) is 0 Å². The van der Waals surface area contributed by atoms with Crippen LogP contribution in [0.2, 0.25) is 0 Å². The summed E-state index contributed by atoms with van der Waals surface area (Å²) in [5.74, 6) is -1.15. The molecular formula is C10H13N3O3S. The molecule has 0 aliphatic heterocycles. The lowest BCUT2D eigenvalue weighted by Gasteiger charge is -2.41. The summed E-state index contributed by atoms with van der Waals surface area (Å²) >= 11 is 1.03. The van der Waals surface area contributed by atoms with Crippen molar-refractivity contribution < 1.29 is 14.7 Å². The second-order valence-corrected chi connectivity index (χ2v) is 5.10. The van der Waals surface area contributed by atoms with Crippen molar-refractivity contribution in [3.8, 4) is 0 Å². The number of nitrogens with one attached hydrogen (secondary N) is 1. The van der Waals surface area contributed by atoms with Crippen LogP contribution in [0.25, 0.3) is 0 Å². The smallest absolute Gasteiger partial charge is 0.305 e. The van der Waals surface area contributed by atoms with Crippen molar-refractivity contribution in [3.05, 3.63) is 10.6 Å². The lowest BCUT2D eigenvalue weighted by molar-refractivity contribution is -0.139. The van der Waals surface area contributed by atoms with Crippen LogP contribution in [0.1, 0.15) is 41.0 Å². The number of carbonyl (C=O) groups excluding carboxylic acids is 1. The predicted octanol–water partition coefficient (Wildman–Crippen LogP) is 0.974. The number of carbonyl (C=O) groups is 2. The Morgan fingerprint density at radius 1 is 1.53 bits per heavy atom. The number of hydrogen-bond donors (Lipinski definition) is 2. The molecular weight excluding hydrogens is 242 g/mol. The van der Waals surface area contributed by atoms with E-state index in [0.717, 1.165) is 30.8 Å². The van der Waals surface area contributed by atoms with Crippen LogP contribution >= 0.6 is 11.5 Å². The summed E-state index contributed by atoms with van der Waals surface area (Å²) in [6.45, 7) is 1.71. The minimum Gasteiger partial charge on any atom is -0.481 e. The zero-order chi connectivity index (χ0) is 12.5. The maximum Gasteiger partial charge on any atom is 0.305 e. The normalized spacial score (nSPS) is 17.2. The summed E-state index contributed by atoms with van der Waals surface area (Å²) in [6.07, 6.45) is 2.37. The van der Waals surface area contributed by atoms with Gasteiger partial charge in [-0.15, -0.1) is 5.10 Å². The topological polar surface area (TPSA) is 92.2 Å². The van der Waals surface area contributed by atoms with E-state index in [4.69, 9.17) is 5.11 Å². The highest BCUT2D eigenvalue weighted by molar-refractivity contribution is 7.08. The molecule has 1 heterocycles. The van der Waals surface area contributed by atoms with Gasteiger partial charge in [0.15, 0.2) is 0 Å². The summed E-state index contributed by atoms with van der Waals surface area (Å²) in [4.78, 5) is 23.2. The Morgan fingerprint density at radius 3 is 2.65 bits per heavy atom. The van der Waals surface area contributed by atoms with Crippen LogP contribution in [0.4, 0.5) is 0 Å². The van der Waals surface area contributed by atoms with Gasteiger partial charge in [0, 0.05) is 0 Å². The maximum atomic E-state index is 11.9. The van der Waals surface area contributed by atoms with Crippen molar-refractivity contribution in [1.82, 2.24) is 14.9 Å². The van der Waals surface area contributed by atoms with Crippen LogP contribution in [0.5, 0.6) is 0 Å². The first kappa shape index (κ1) is 12.0. The molecule has 0 radical (unpaired) electrons. The van der Waals surface area contributed by atoms with Crippen LogP contribution in [-0.2, 0) is 4.79 Å². The van der Waals surface area contributed by atoms with Gasteiger partial charge in [-0.3, -0.25) is 9.59 Å². The quantitative estimate of drug-likeness (QED) is 0.836. The van der Waals surface area contributed by atoms with E-state index in [-0.39, 0.29) is 12.3 Å². The molecule has 2 N–H and O–H groups in total. The number of rotatable bonds is 4. The van der Waals surface area contributed by atoms with Crippen molar-refractivity contribution >= 4 is 23.4 Å². The zero-order valence-corrected chi connectivity index (χ0v) is 10.2. The Labute approximate surface area is 102 Å². The monoisotopic (exact) mass is 255 g/mol. The number of hydrogen-bond acceptors (Lipinski definition) is 5. The molecule has 0 unspecified atom stereocenters. The largest absolute Gasteiger partial charge is 0.481 e. The highest BCUT2D eigenvalue weighted by Gasteiger charge is 2.40. The molecule has 1 aromatic heterocycles. The first-order valence-corrected chi connectivity index (χ1v) is 6.13. The van der Waals surface area contributed by atoms with E-state index >= 15 is 0 Å². The summed E-state index contributed by atoms with van der Waals surface area (Å²) in [5, 5.41) is 15.4. The van der Waals surface area contributed by atoms with E-state index in [1.54, 1.807) is 6.92 Å². The third kappa shape index (κ3) is 2.44. The molecule has 1 amide bonds. The minimum atomic E-state index is -0.885. The summed E-state index contributed by atoms with van der Waals surface area (Å²) < 4.78 is 3.69. The summed E-state index contributed by atoms with van der Waals surface area (Å²) in [7, 11) is 0. The van der Waals surface area contributed by atoms with Crippen LogP contribution in [-0.4, -0.2) is 32.1 Å². The highest BCUT2D eigenvalue weighted by atomic mass is 32.1. The van der Waals surface area contributed by atoms with E-state index in [9.17, 15) is 9.59 Å². The third-order valence-corrected chi connectivity index (χ3v) is 3.86. The van der Waals surface area contributed by atoms with Crippen molar-refractivity contribution in [2.24, 2.45) is 0 Å². The Kier molecular flexibility index (Phi) is 3.10. The van der Waals surface area contributed by atoms with E-state index in [0.29, 0.717) is 10.6 Å². The van der Waals surface area contributed by atoms with Gasteiger partial charge in [0.05, 0.1) is 17.7 Å². The molecule has 1 saturated carbocycles. The second kappa shape index (κ2) is 4.40. The molecule has 92 valence electrons. The Hall–Kier alpha value is -1.50. The first-order valence-electron chi connectivity index (χ1n) is 5.36. The second-order valence-electron chi connectivity index (χ2n) is 4.35. The van der Waals surface area contributed by atoms with E-state index in [1.165, 1.54) is 0 Å². The molecule has 1 aromatic rings. The van der Waals surface area contributed by atoms with E-state index in [2.05, 4.69) is 14.9 Å². The summed E-state index contributed by atoms with van der Waals surface area (Å²) in [6, 6.07) is 0. The number of aliphatic carboxylic acids is 1. The van der Waals surface area contributed by atoms with Gasteiger partial charge in [-0.05, 0) is 37.7 Å². The van der Waals surface area contributed by atoms with Gasteiger partial charge in [0.1, 0.15) is 4.88 Å². The molecule has 0 aromatic carbocycles. The van der Waals surface area contributed by atoms with Crippen molar-refractivity contribution in [1.29, 1.82) is 0 Å². The van der Waals surface area contributed by atoms with Gasteiger partial charge < -0.3 is 10.4 Å². The zero-order valence-electron chi connectivity index (χ0n) is 9.39. The van der Waals surface area contributed by atoms with Crippen LogP contribution in [0, 0.1) is 6.92 Å². The molecule has 7 heteroatoms. The van der Waals surface area contributed by atoms with Crippen LogP contribution < -0.4 is 5.32 Å². The molecule has 1 fully saturated rings. The van der Waals surface area contributed by atoms with Gasteiger partial charge in [0.25, 0.3) is 5.91 Å². The van der Waals surface area contributed by atoms with E-state index in [1.807, 2.05) is 0 Å². The molecule has 17 heavy (non-hydrogen) atoms. The fourth-order valence-corrected chi connectivity index (χ4v) is 2.53. The molecule has 1 aliphatic rings. The number of aromatic nitrogens is 2. The molecule has 2 rings (SSSR count). The minimum absolute atomic E-state index is 0.0238. The highest BCUT2D eigenvalue weighted by Crippen LogP contribution is 2.35. The SMILES string of the molecule is Cc1nnsc1C(=O)NC1(CC(=O)O)CCC1. The average molecular weight is 255 g/mol. The third-order valence-electron chi connectivity index (χ3n) is 3.04. The number of carboxylic acid groups (broad SMARTS) is 1. The Morgan fingerprint density at radius 2 is 2.24 bits per heavy atom. The molecule has 0 atom stereocenters. The molecule has 0 saturated heterocycles. The standard InChI is InChI=1S/C10H13N3O3S/c1-6-8(17-13-12-6)9(16)11-10(3-2-4-10)5-7(14)15/h2-5H2,1H3,(H,11,16)(H,14,15). The Balaban J connectivity index is 2.07. The van der Waals surface area contributed by atoms with Gasteiger partial charge in [-0.1, -0.05) is 4.49 Å². The predicted molar refractivity (Wildman–Crippen MR) is 60.9 cm³/mol. The lowest BCUT2D eigenvalue weighted by atomic mass is 9.74. The van der Waals surface area contributed by atoms with E-state index < -0.39 is 11.5 Å². The molecule has 0 spiro atoms. The van der Waals surface area contributed by atoms with Gasteiger partial charge in [0.2, 0.25) is 0 Å². The molecule has 1 aliphatic carbocycles. The maximum absolute atomic E-state index is 11.9. The molecule has 6 nitrogen and oxygen atoms in total. The fourth-order valence-electron chi connectivity index (χ4n) is 1.98.